The fourth-order valence-electron chi connectivity index (χ4n) is 3.89. The zero-order chi connectivity index (χ0) is 28.6. The highest BCUT2D eigenvalue weighted by Crippen LogP contribution is 2.33. The van der Waals surface area contributed by atoms with Gasteiger partial charge in [-0.25, -0.2) is 18.4 Å². The quantitative estimate of drug-likeness (QED) is 0.537. The first-order valence-corrected chi connectivity index (χ1v) is 11.4. The van der Waals surface area contributed by atoms with Crippen molar-refractivity contribution in [3.63, 3.8) is 0 Å². The van der Waals surface area contributed by atoms with Crippen molar-refractivity contribution in [2.24, 2.45) is 0 Å². The van der Waals surface area contributed by atoms with Gasteiger partial charge >= 0.3 is 18.2 Å². The maximum Gasteiger partial charge on any atom is 0.434 e. The predicted molar refractivity (Wildman–Crippen MR) is 122 cm³/mol. The molecule has 1 saturated heterocycles. The Bertz CT molecular complexity index is 1250. The number of carbonyl (C=O) groups is 3. The Balaban J connectivity index is 1.82. The number of aromatic nitrogens is 2. The molecule has 3 atom stereocenters. The van der Waals surface area contributed by atoms with Crippen molar-refractivity contribution in [3.8, 4) is 11.3 Å². The first-order valence-electron chi connectivity index (χ1n) is 11.4. The van der Waals surface area contributed by atoms with Gasteiger partial charge in [0.25, 0.3) is 0 Å². The molecule has 0 saturated carbocycles. The van der Waals surface area contributed by atoms with Crippen LogP contribution < -0.4 is 5.32 Å². The summed E-state index contributed by atoms with van der Waals surface area (Å²) in [7, 11) is 0. The van der Waals surface area contributed by atoms with Crippen LogP contribution in [0.25, 0.3) is 11.3 Å². The number of alkyl halides is 4. The highest BCUT2D eigenvalue weighted by Gasteiger charge is 2.46. The second-order valence-electron chi connectivity index (χ2n) is 9.70. The predicted octanol–water partition coefficient (Wildman–Crippen LogP) is 4.35. The fourth-order valence-corrected chi connectivity index (χ4v) is 3.89. The minimum absolute atomic E-state index is 0.104. The van der Waals surface area contributed by atoms with E-state index >= 15 is 0 Å². The number of hydrogen-bond donors (Lipinski definition) is 2. The molecule has 0 bridgehead atoms. The molecule has 2 aromatic heterocycles. The van der Waals surface area contributed by atoms with Crippen molar-refractivity contribution in [2.45, 2.75) is 70.7 Å². The number of carboxylic acid groups (broad SMARTS) is 1. The average Bonchev–Trinajstić information content (AvgIpc) is 3.10. The van der Waals surface area contributed by atoms with Crippen LogP contribution in [0.3, 0.4) is 0 Å². The lowest BCUT2D eigenvalue weighted by Gasteiger charge is -2.30. The Morgan fingerprint density at radius 2 is 1.82 bits per heavy atom. The summed E-state index contributed by atoms with van der Waals surface area (Å²) in [6, 6.07) is -0.357. The molecular weight excluding hydrogens is 519 g/mol. The molecular formula is C24H25F5N4O5. The van der Waals surface area contributed by atoms with Crippen LogP contribution in [0.4, 0.5) is 26.7 Å². The van der Waals surface area contributed by atoms with Gasteiger partial charge in [-0.15, -0.1) is 0 Å². The minimum Gasteiger partial charge on any atom is -0.478 e. The number of hydrogen-bond acceptors (Lipinski definition) is 6. The molecule has 0 radical (unpaired) electrons. The Morgan fingerprint density at radius 1 is 1.16 bits per heavy atom. The summed E-state index contributed by atoms with van der Waals surface area (Å²) in [6.45, 7) is 5.83. The number of ether oxygens (including phenoxy) is 1. The first kappa shape index (κ1) is 28.7. The molecule has 14 heteroatoms. The van der Waals surface area contributed by atoms with Crippen LogP contribution in [0.15, 0.2) is 24.5 Å². The maximum absolute atomic E-state index is 14.4. The fraction of sp³-hybridized carbons (Fsp3) is 0.458. The summed E-state index contributed by atoms with van der Waals surface area (Å²) < 4.78 is 73.4. The van der Waals surface area contributed by atoms with E-state index in [0.717, 1.165) is 23.4 Å². The topological polar surface area (TPSA) is 122 Å². The number of carbonyl (C=O) groups excluding carboxylic acids is 2. The Labute approximate surface area is 214 Å². The summed E-state index contributed by atoms with van der Waals surface area (Å²) in [5, 5.41) is 11.6. The molecule has 2 amide bonds. The van der Waals surface area contributed by atoms with Gasteiger partial charge < -0.3 is 15.2 Å². The van der Waals surface area contributed by atoms with E-state index in [4.69, 9.17) is 4.74 Å². The van der Waals surface area contributed by atoms with Gasteiger partial charge in [0.15, 0.2) is 5.69 Å². The summed E-state index contributed by atoms with van der Waals surface area (Å²) in [4.78, 5) is 44.8. The van der Waals surface area contributed by atoms with Gasteiger partial charge in [-0.2, -0.15) is 13.2 Å². The normalized spacial score (nSPS) is 19.8. The zero-order valence-electron chi connectivity index (χ0n) is 20.8. The second-order valence-corrected chi connectivity index (χ2v) is 9.70. The van der Waals surface area contributed by atoms with Gasteiger partial charge in [0.2, 0.25) is 5.91 Å². The molecule has 206 valence electrons. The summed E-state index contributed by atoms with van der Waals surface area (Å²) in [5.74, 6) is -3.52. The first-order chi connectivity index (χ1) is 17.5. The summed E-state index contributed by atoms with van der Waals surface area (Å²) >= 11 is 0. The van der Waals surface area contributed by atoms with Crippen LogP contribution in [0.5, 0.6) is 0 Å². The molecule has 2 aromatic rings. The number of likely N-dealkylation sites (tertiary alicyclic amines) is 1. The lowest BCUT2D eigenvalue weighted by atomic mass is 10.1. The number of aromatic carboxylic acids is 1. The highest BCUT2D eigenvalue weighted by molar-refractivity contribution is 5.90. The van der Waals surface area contributed by atoms with Gasteiger partial charge in [-0.1, -0.05) is 0 Å². The highest BCUT2D eigenvalue weighted by atomic mass is 19.4. The number of rotatable bonds is 5. The number of amides is 2. The molecule has 1 aliphatic heterocycles. The van der Waals surface area contributed by atoms with Gasteiger partial charge in [0.05, 0.1) is 23.5 Å². The van der Waals surface area contributed by atoms with E-state index in [1.54, 1.807) is 20.8 Å². The van der Waals surface area contributed by atoms with E-state index in [2.05, 4.69) is 15.3 Å². The summed E-state index contributed by atoms with van der Waals surface area (Å²) in [6.07, 6.45) is -6.20. The number of carboxylic acids is 1. The molecule has 1 fully saturated rings. The van der Waals surface area contributed by atoms with E-state index in [9.17, 15) is 41.4 Å². The van der Waals surface area contributed by atoms with Gasteiger partial charge in [0.1, 0.15) is 23.6 Å². The SMILES string of the molecule is C[C@H]1[C@H](F)C[C@@H](C(=O)NCc2cc(-c3cnc(C(F)(F)F)c(C(=O)O)c3)ncc2F)N1C(=O)OC(C)(C)C. The Morgan fingerprint density at radius 3 is 2.39 bits per heavy atom. The second kappa shape index (κ2) is 10.5. The van der Waals surface area contributed by atoms with Crippen molar-refractivity contribution < 1.29 is 46.2 Å². The van der Waals surface area contributed by atoms with Crippen LogP contribution in [0, 0.1) is 5.82 Å². The minimum atomic E-state index is -5.01. The molecule has 2 N–H and O–H groups in total. The van der Waals surface area contributed by atoms with Gasteiger partial charge in [-0.3, -0.25) is 19.7 Å². The molecule has 9 nitrogen and oxygen atoms in total. The smallest absolute Gasteiger partial charge is 0.434 e. The average molecular weight is 544 g/mol. The van der Waals surface area contributed by atoms with Crippen molar-refractivity contribution in [2.75, 3.05) is 0 Å². The third-order valence-electron chi connectivity index (χ3n) is 5.72. The van der Waals surface area contributed by atoms with E-state index in [0.29, 0.717) is 6.07 Å². The Hall–Kier alpha value is -3.84. The summed E-state index contributed by atoms with van der Waals surface area (Å²) in [5.41, 5.74) is -4.00. The molecule has 3 rings (SSSR count). The van der Waals surface area contributed by atoms with Gasteiger partial charge in [0, 0.05) is 30.3 Å². The van der Waals surface area contributed by atoms with Crippen molar-refractivity contribution >= 4 is 18.0 Å². The number of nitrogens with zero attached hydrogens (tertiary/aromatic N) is 3. The van der Waals surface area contributed by atoms with Crippen LogP contribution in [0.1, 0.15) is 55.7 Å². The van der Waals surface area contributed by atoms with Crippen LogP contribution >= 0.6 is 0 Å². The van der Waals surface area contributed by atoms with Crippen LogP contribution in [0.2, 0.25) is 0 Å². The molecule has 3 heterocycles. The van der Waals surface area contributed by atoms with E-state index in [1.807, 2.05) is 0 Å². The largest absolute Gasteiger partial charge is 0.478 e. The monoisotopic (exact) mass is 544 g/mol. The Kier molecular flexibility index (Phi) is 7.94. The molecule has 0 aromatic carbocycles. The lowest BCUT2D eigenvalue weighted by Crippen LogP contribution is -2.50. The molecule has 0 aliphatic carbocycles. The van der Waals surface area contributed by atoms with Gasteiger partial charge in [-0.05, 0) is 39.8 Å². The third-order valence-corrected chi connectivity index (χ3v) is 5.72. The number of halogens is 5. The molecule has 0 spiro atoms. The third kappa shape index (κ3) is 6.34. The van der Waals surface area contributed by atoms with E-state index in [-0.39, 0.29) is 23.2 Å². The number of pyridine rings is 2. The molecule has 0 unspecified atom stereocenters. The van der Waals surface area contributed by atoms with E-state index < -0.39 is 71.6 Å². The van der Waals surface area contributed by atoms with Crippen molar-refractivity contribution in [1.82, 2.24) is 20.2 Å². The van der Waals surface area contributed by atoms with Crippen LogP contribution in [-0.4, -0.2) is 61.8 Å². The van der Waals surface area contributed by atoms with Crippen LogP contribution in [-0.2, 0) is 22.3 Å². The lowest BCUT2D eigenvalue weighted by molar-refractivity contribution is -0.141. The van der Waals surface area contributed by atoms with E-state index in [1.165, 1.54) is 6.92 Å². The van der Waals surface area contributed by atoms with Crippen molar-refractivity contribution in [1.29, 1.82) is 0 Å². The zero-order valence-corrected chi connectivity index (χ0v) is 20.8. The maximum atomic E-state index is 14.4. The molecule has 1 aliphatic rings. The number of nitrogens with one attached hydrogen (secondary N) is 1. The molecule has 38 heavy (non-hydrogen) atoms. The standard InChI is InChI=1S/C24H25F5N4O5/c1-11-15(25)7-18(33(11)22(37)38-23(2,3)4)20(34)32-8-12-6-17(30-10-16(12)26)13-5-14(21(35)36)19(31-9-13)24(27,28)29/h5-6,9-11,15,18H,7-8H2,1-4H3,(H,32,34)(H,35,36)/t11-,15+,18-/m0/s1. The van der Waals surface area contributed by atoms with Crippen molar-refractivity contribution in [3.05, 3.63) is 47.2 Å².